The number of nitrogens with zero attached hydrogens (tertiary/aromatic N) is 1. The summed E-state index contributed by atoms with van der Waals surface area (Å²) in [6.45, 7) is 6.40. The zero-order valence-corrected chi connectivity index (χ0v) is 24.2. The Morgan fingerprint density at radius 2 is 1.73 bits per heavy atom. The molecule has 0 unspecified atom stereocenters. The van der Waals surface area contributed by atoms with Gasteiger partial charge in [0.15, 0.2) is 29.6 Å². The number of ether oxygens (including phenoxy) is 4. The monoisotopic (exact) mass is 587 g/mol. The van der Waals surface area contributed by atoms with E-state index < -0.39 is 11.8 Å². The number of rotatable bonds is 13. The van der Waals surface area contributed by atoms with Crippen molar-refractivity contribution in [3.8, 4) is 23.0 Å². The van der Waals surface area contributed by atoms with Crippen LogP contribution in [0.25, 0.3) is 0 Å². The summed E-state index contributed by atoms with van der Waals surface area (Å²) in [5.74, 6) is 0.703. The van der Waals surface area contributed by atoms with Crippen LogP contribution in [0.1, 0.15) is 41.8 Å². The lowest BCUT2D eigenvalue weighted by molar-refractivity contribution is -0.118. The van der Waals surface area contributed by atoms with Crippen molar-refractivity contribution in [3.05, 3.63) is 75.3 Å². The van der Waals surface area contributed by atoms with Crippen molar-refractivity contribution in [2.75, 3.05) is 32.2 Å². The minimum Gasteiger partial charge on any atom is -0.493 e. The van der Waals surface area contributed by atoms with E-state index in [9.17, 15) is 9.59 Å². The van der Waals surface area contributed by atoms with Gasteiger partial charge in [-0.25, -0.2) is 5.43 Å². The molecule has 0 aliphatic carbocycles. The summed E-state index contributed by atoms with van der Waals surface area (Å²) in [7, 11) is 1.44. The molecular formula is C29H31Cl2N3O6. The molecule has 0 spiro atoms. The first-order chi connectivity index (χ1) is 19.2. The average molecular weight is 588 g/mol. The van der Waals surface area contributed by atoms with Crippen LogP contribution in [0.2, 0.25) is 10.0 Å². The Morgan fingerprint density at radius 3 is 2.42 bits per heavy atom. The molecule has 9 nitrogen and oxygen atoms in total. The maximum absolute atomic E-state index is 12.6. The summed E-state index contributed by atoms with van der Waals surface area (Å²) in [4.78, 5) is 25.0. The highest BCUT2D eigenvalue weighted by Gasteiger charge is 2.15. The number of methoxy groups -OCH3 is 1. The van der Waals surface area contributed by atoms with E-state index in [0.717, 1.165) is 12.0 Å². The molecule has 2 amide bonds. The van der Waals surface area contributed by atoms with Crippen LogP contribution < -0.4 is 29.7 Å². The number of halogens is 2. The first-order valence-corrected chi connectivity index (χ1v) is 13.3. The first-order valence-electron chi connectivity index (χ1n) is 12.5. The predicted octanol–water partition coefficient (Wildman–Crippen LogP) is 6.28. The van der Waals surface area contributed by atoms with E-state index in [-0.39, 0.29) is 23.1 Å². The minimum atomic E-state index is -0.432. The molecule has 0 aliphatic heterocycles. The fourth-order valence-electron chi connectivity index (χ4n) is 3.44. The van der Waals surface area contributed by atoms with Crippen LogP contribution in [0.15, 0.2) is 53.6 Å². The summed E-state index contributed by atoms with van der Waals surface area (Å²) in [5, 5.41) is 7.47. The molecule has 0 bridgehead atoms. The summed E-state index contributed by atoms with van der Waals surface area (Å²) in [6.07, 6.45) is 2.26. The molecule has 0 radical (unpaired) electrons. The second-order valence-electron chi connectivity index (χ2n) is 8.48. The number of hydrogen-bond donors (Lipinski definition) is 2. The molecule has 11 heteroatoms. The van der Waals surface area contributed by atoms with E-state index in [1.807, 2.05) is 20.8 Å². The molecule has 0 fully saturated rings. The molecule has 2 N–H and O–H groups in total. The van der Waals surface area contributed by atoms with Gasteiger partial charge in [0.1, 0.15) is 0 Å². The predicted molar refractivity (Wildman–Crippen MR) is 157 cm³/mol. The molecule has 212 valence electrons. The topological polar surface area (TPSA) is 107 Å². The Hall–Kier alpha value is -3.95. The van der Waals surface area contributed by atoms with Crippen molar-refractivity contribution < 1.29 is 28.5 Å². The number of aryl methyl sites for hydroxylation is 1. The Kier molecular flexibility index (Phi) is 11.5. The average Bonchev–Trinajstić information content (AvgIpc) is 2.93. The fourth-order valence-corrected chi connectivity index (χ4v) is 3.89. The second kappa shape index (κ2) is 15.0. The maximum Gasteiger partial charge on any atom is 0.271 e. The third-order valence-corrected chi connectivity index (χ3v) is 6.09. The molecule has 40 heavy (non-hydrogen) atoms. The van der Waals surface area contributed by atoms with Crippen LogP contribution in [0.5, 0.6) is 23.0 Å². The van der Waals surface area contributed by atoms with Crippen molar-refractivity contribution in [2.24, 2.45) is 5.10 Å². The van der Waals surface area contributed by atoms with Gasteiger partial charge in [0.2, 0.25) is 0 Å². The molecule has 3 aromatic rings. The largest absolute Gasteiger partial charge is 0.493 e. The van der Waals surface area contributed by atoms with E-state index in [0.29, 0.717) is 46.5 Å². The number of carbonyl (C=O) groups is 2. The highest BCUT2D eigenvalue weighted by Crippen LogP contribution is 2.36. The van der Waals surface area contributed by atoms with E-state index in [4.69, 9.17) is 42.1 Å². The molecule has 0 aliphatic rings. The highest BCUT2D eigenvalue weighted by molar-refractivity contribution is 6.32. The van der Waals surface area contributed by atoms with Crippen LogP contribution in [0.4, 0.5) is 5.69 Å². The van der Waals surface area contributed by atoms with Crippen molar-refractivity contribution in [3.63, 3.8) is 0 Å². The van der Waals surface area contributed by atoms with Gasteiger partial charge in [-0.15, -0.1) is 0 Å². The van der Waals surface area contributed by atoms with Gasteiger partial charge in [-0.05, 0) is 73.9 Å². The number of hydrogen-bond acceptors (Lipinski definition) is 7. The van der Waals surface area contributed by atoms with Crippen LogP contribution in [-0.2, 0) is 4.79 Å². The lowest BCUT2D eigenvalue weighted by atomic mass is 10.2. The fraction of sp³-hybridized carbons (Fsp3) is 0.276. The quantitative estimate of drug-likeness (QED) is 0.180. The second-order valence-corrected chi connectivity index (χ2v) is 9.29. The standard InChI is InChI=1S/C29H31Cl2N3O6/c1-5-11-39-24-10-8-20(14-25(24)38-6-2)29(36)34-32-16-19-12-23(31)28(26(13-19)37-4)40-17-27(35)33-21-9-7-18(3)22(30)15-21/h7-10,12-16H,5-6,11,17H2,1-4H3,(H,33,35)(H,34,36)/b32-16+. The smallest absolute Gasteiger partial charge is 0.271 e. The van der Waals surface area contributed by atoms with Crippen LogP contribution in [-0.4, -0.2) is 45.0 Å². The molecular weight excluding hydrogens is 557 g/mol. The molecule has 0 saturated heterocycles. The minimum absolute atomic E-state index is 0.191. The van der Waals surface area contributed by atoms with Crippen molar-refractivity contribution in [1.82, 2.24) is 5.43 Å². The van der Waals surface area contributed by atoms with E-state index >= 15 is 0 Å². The van der Waals surface area contributed by atoms with Crippen LogP contribution in [0, 0.1) is 6.92 Å². The van der Waals surface area contributed by atoms with Gasteiger partial charge in [-0.3, -0.25) is 9.59 Å². The Bertz CT molecular complexity index is 1380. The van der Waals surface area contributed by atoms with Crippen LogP contribution in [0.3, 0.4) is 0 Å². The number of anilines is 1. The van der Waals surface area contributed by atoms with Crippen molar-refractivity contribution in [2.45, 2.75) is 27.2 Å². The Labute approximate surface area is 243 Å². The molecule has 0 aromatic heterocycles. The zero-order chi connectivity index (χ0) is 29.1. The summed E-state index contributed by atoms with van der Waals surface area (Å²) < 4.78 is 22.3. The molecule has 3 rings (SSSR count). The molecule has 0 atom stereocenters. The number of nitrogens with one attached hydrogen (secondary N) is 2. The lowest BCUT2D eigenvalue weighted by Gasteiger charge is -2.13. The number of amides is 2. The van der Waals surface area contributed by atoms with Crippen LogP contribution >= 0.6 is 23.2 Å². The summed E-state index contributed by atoms with van der Waals surface area (Å²) >= 11 is 12.5. The zero-order valence-electron chi connectivity index (χ0n) is 22.7. The summed E-state index contributed by atoms with van der Waals surface area (Å²) in [5.41, 5.74) is 4.82. The Morgan fingerprint density at radius 1 is 0.925 bits per heavy atom. The third kappa shape index (κ3) is 8.53. The highest BCUT2D eigenvalue weighted by atomic mass is 35.5. The summed E-state index contributed by atoms with van der Waals surface area (Å²) in [6, 6.07) is 13.3. The number of benzene rings is 3. The van der Waals surface area contributed by atoms with Gasteiger partial charge in [0.25, 0.3) is 11.8 Å². The van der Waals surface area contributed by atoms with Gasteiger partial charge >= 0.3 is 0 Å². The SMILES string of the molecule is CCCOc1ccc(C(=O)N/N=C/c2cc(Cl)c(OCC(=O)Nc3ccc(C)c(Cl)c3)c(OC)c2)cc1OCC. The van der Waals surface area contributed by atoms with E-state index in [2.05, 4.69) is 15.8 Å². The van der Waals surface area contributed by atoms with Crippen molar-refractivity contribution in [1.29, 1.82) is 0 Å². The van der Waals surface area contributed by atoms with Gasteiger partial charge < -0.3 is 24.3 Å². The van der Waals surface area contributed by atoms with E-state index in [1.165, 1.54) is 13.3 Å². The molecule has 3 aromatic carbocycles. The molecule has 0 heterocycles. The molecule has 0 saturated carbocycles. The first kappa shape index (κ1) is 30.6. The normalized spacial score (nSPS) is 10.8. The van der Waals surface area contributed by atoms with Gasteiger partial charge in [-0.2, -0.15) is 5.10 Å². The number of hydrazone groups is 1. The van der Waals surface area contributed by atoms with Gasteiger partial charge in [0, 0.05) is 16.3 Å². The van der Waals surface area contributed by atoms with E-state index in [1.54, 1.807) is 48.5 Å². The lowest BCUT2D eigenvalue weighted by Crippen LogP contribution is -2.20. The van der Waals surface area contributed by atoms with Gasteiger partial charge in [0.05, 0.1) is 31.6 Å². The maximum atomic E-state index is 12.6. The van der Waals surface area contributed by atoms with Crippen molar-refractivity contribution >= 4 is 46.9 Å². The number of carbonyl (C=O) groups excluding carboxylic acids is 2. The third-order valence-electron chi connectivity index (χ3n) is 5.40. The Balaban J connectivity index is 1.63. The van der Waals surface area contributed by atoms with Gasteiger partial charge in [-0.1, -0.05) is 36.2 Å².